The molecule has 2 aromatic rings. The molecule has 2 saturated heterocycles. The van der Waals surface area contributed by atoms with Crippen molar-refractivity contribution in [3.63, 3.8) is 0 Å². The van der Waals surface area contributed by atoms with E-state index in [0.717, 1.165) is 31.5 Å². The second-order valence-corrected chi connectivity index (χ2v) is 7.83. The molecule has 168 valence electrons. The molecule has 0 radical (unpaired) electrons. The Morgan fingerprint density at radius 2 is 1.69 bits per heavy atom. The molecule has 0 unspecified atom stereocenters. The van der Waals surface area contributed by atoms with Gasteiger partial charge in [-0.05, 0) is 36.6 Å². The van der Waals surface area contributed by atoms with Gasteiger partial charge in [0.15, 0.2) is 0 Å². The van der Waals surface area contributed by atoms with Gasteiger partial charge >= 0.3 is 5.97 Å². The zero-order valence-corrected chi connectivity index (χ0v) is 17.7. The summed E-state index contributed by atoms with van der Waals surface area (Å²) in [4.78, 5) is 39.8. The van der Waals surface area contributed by atoms with E-state index < -0.39 is 10.9 Å². The molecule has 0 bridgehead atoms. The number of carbonyl (C=O) groups excluding carboxylic acids is 2. The first kappa shape index (κ1) is 21.8. The monoisotopic (exact) mass is 439 g/mol. The number of rotatable bonds is 6. The summed E-state index contributed by atoms with van der Waals surface area (Å²) in [5.74, 6) is -0.620. The van der Waals surface area contributed by atoms with Gasteiger partial charge in [-0.15, -0.1) is 0 Å². The molecule has 0 saturated carbocycles. The Hall–Kier alpha value is -3.46. The number of morpholine rings is 1. The van der Waals surface area contributed by atoms with Crippen molar-refractivity contribution >= 4 is 23.3 Å². The molecule has 2 aliphatic rings. The third kappa shape index (κ3) is 4.88. The third-order valence-corrected chi connectivity index (χ3v) is 5.73. The standard InChI is InChI=1S/C23H25N3O6/c27-22(25-9-1-2-10-25)18-5-3-17(4-6-18)16-32-23(28)20-15-19(26(29)30)7-8-21(20)24-11-13-31-14-12-24/h3-8,15H,1-2,9-14,16H2. The summed E-state index contributed by atoms with van der Waals surface area (Å²) in [6.07, 6.45) is 2.06. The molecule has 2 fully saturated rings. The van der Waals surface area contributed by atoms with Crippen LogP contribution in [0, 0.1) is 10.1 Å². The minimum Gasteiger partial charge on any atom is -0.457 e. The van der Waals surface area contributed by atoms with E-state index in [2.05, 4.69) is 0 Å². The number of nitrogens with zero attached hydrogens (tertiary/aromatic N) is 3. The number of benzene rings is 2. The van der Waals surface area contributed by atoms with Gasteiger partial charge in [0.1, 0.15) is 6.61 Å². The van der Waals surface area contributed by atoms with Gasteiger partial charge in [0.25, 0.3) is 11.6 Å². The van der Waals surface area contributed by atoms with Crippen LogP contribution < -0.4 is 4.90 Å². The van der Waals surface area contributed by atoms with Gasteiger partial charge in [0, 0.05) is 43.9 Å². The maximum absolute atomic E-state index is 12.8. The molecular formula is C23H25N3O6. The van der Waals surface area contributed by atoms with Crippen molar-refractivity contribution in [2.24, 2.45) is 0 Å². The Morgan fingerprint density at radius 1 is 1.00 bits per heavy atom. The SMILES string of the molecule is O=C(OCc1ccc(C(=O)N2CCCC2)cc1)c1cc([N+](=O)[O-])ccc1N1CCOCC1. The zero-order valence-electron chi connectivity index (χ0n) is 17.7. The lowest BCUT2D eigenvalue weighted by molar-refractivity contribution is -0.384. The number of carbonyl (C=O) groups is 2. The molecule has 4 rings (SSSR count). The molecule has 0 spiro atoms. The number of amides is 1. The number of ether oxygens (including phenoxy) is 2. The summed E-state index contributed by atoms with van der Waals surface area (Å²) in [6.45, 7) is 3.79. The molecule has 2 aromatic carbocycles. The van der Waals surface area contributed by atoms with Crippen LogP contribution in [0.3, 0.4) is 0 Å². The smallest absolute Gasteiger partial charge is 0.340 e. The van der Waals surface area contributed by atoms with E-state index in [1.54, 1.807) is 30.3 Å². The average Bonchev–Trinajstić information content (AvgIpc) is 3.37. The van der Waals surface area contributed by atoms with Crippen LogP contribution in [0.1, 0.15) is 39.1 Å². The molecule has 9 heteroatoms. The van der Waals surface area contributed by atoms with Crippen LogP contribution >= 0.6 is 0 Å². The van der Waals surface area contributed by atoms with E-state index in [-0.39, 0.29) is 23.8 Å². The van der Waals surface area contributed by atoms with Gasteiger partial charge in [-0.25, -0.2) is 4.79 Å². The minimum atomic E-state index is -0.632. The first-order valence-electron chi connectivity index (χ1n) is 10.7. The normalized spacial score (nSPS) is 16.1. The number of anilines is 1. The summed E-state index contributed by atoms with van der Waals surface area (Å²) in [5.41, 5.74) is 1.92. The molecule has 9 nitrogen and oxygen atoms in total. The summed E-state index contributed by atoms with van der Waals surface area (Å²) in [6, 6.07) is 11.2. The number of nitro groups is 1. The van der Waals surface area contributed by atoms with Gasteiger partial charge in [0.05, 0.1) is 29.4 Å². The van der Waals surface area contributed by atoms with Crippen LogP contribution in [0.15, 0.2) is 42.5 Å². The molecular weight excluding hydrogens is 414 g/mol. The Morgan fingerprint density at radius 3 is 2.34 bits per heavy atom. The van der Waals surface area contributed by atoms with E-state index >= 15 is 0 Å². The number of esters is 1. The number of hydrogen-bond donors (Lipinski definition) is 0. The van der Waals surface area contributed by atoms with Crippen molar-refractivity contribution in [1.29, 1.82) is 0 Å². The van der Waals surface area contributed by atoms with Crippen LogP contribution in [0.4, 0.5) is 11.4 Å². The van der Waals surface area contributed by atoms with Crippen molar-refractivity contribution in [3.8, 4) is 0 Å². The minimum absolute atomic E-state index is 0.00224. The van der Waals surface area contributed by atoms with Gasteiger partial charge in [-0.1, -0.05) is 12.1 Å². The molecule has 0 N–H and O–H groups in total. The highest BCUT2D eigenvalue weighted by Gasteiger charge is 2.23. The van der Waals surface area contributed by atoms with Crippen molar-refractivity contribution in [3.05, 3.63) is 69.3 Å². The zero-order chi connectivity index (χ0) is 22.5. The highest BCUT2D eigenvalue weighted by Crippen LogP contribution is 2.27. The Labute approximate surface area is 185 Å². The second kappa shape index (κ2) is 9.78. The van der Waals surface area contributed by atoms with E-state index in [9.17, 15) is 19.7 Å². The molecule has 2 heterocycles. The summed E-state index contributed by atoms with van der Waals surface area (Å²) in [7, 11) is 0. The van der Waals surface area contributed by atoms with Crippen molar-refractivity contribution in [1.82, 2.24) is 4.90 Å². The summed E-state index contributed by atoms with van der Waals surface area (Å²) >= 11 is 0. The molecule has 0 atom stereocenters. The lowest BCUT2D eigenvalue weighted by Crippen LogP contribution is -2.37. The highest BCUT2D eigenvalue weighted by molar-refractivity contribution is 5.97. The number of likely N-dealkylation sites (tertiary alicyclic amines) is 1. The van der Waals surface area contributed by atoms with Gasteiger partial charge in [-0.2, -0.15) is 0 Å². The van der Waals surface area contributed by atoms with Crippen LogP contribution in [0.5, 0.6) is 0 Å². The number of non-ortho nitro benzene ring substituents is 1. The quantitative estimate of drug-likeness (QED) is 0.387. The summed E-state index contributed by atoms with van der Waals surface area (Å²) in [5, 5.41) is 11.2. The van der Waals surface area contributed by atoms with Crippen LogP contribution in [0.2, 0.25) is 0 Å². The van der Waals surface area contributed by atoms with E-state index in [4.69, 9.17) is 9.47 Å². The Kier molecular flexibility index (Phi) is 6.65. The van der Waals surface area contributed by atoms with Gasteiger partial charge < -0.3 is 19.3 Å². The molecule has 0 aliphatic carbocycles. The second-order valence-electron chi connectivity index (χ2n) is 7.83. The maximum atomic E-state index is 12.8. The van der Waals surface area contributed by atoms with E-state index in [1.165, 1.54) is 12.1 Å². The maximum Gasteiger partial charge on any atom is 0.340 e. The topological polar surface area (TPSA) is 102 Å². The number of hydrogen-bond acceptors (Lipinski definition) is 7. The lowest BCUT2D eigenvalue weighted by atomic mass is 10.1. The Balaban J connectivity index is 1.45. The van der Waals surface area contributed by atoms with Crippen LogP contribution in [-0.2, 0) is 16.1 Å². The van der Waals surface area contributed by atoms with Gasteiger partial charge in [-0.3, -0.25) is 14.9 Å². The fourth-order valence-electron chi connectivity index (χ4n) is 3.95. The predicted molar refractivity (Wildman–Crippen MR) is 117 cm³/mol. The largest absolute Gasteiger partial charge is 0.457 e. The third-order valence-electron chi connectivity index (χ3n) is 5.73. The first-order chi connectivity index (χ1) is 15.5. The average molecular weight is 439 g/mol. The van der Waals surface area contributed by atoms with Crippen LogP contribution in [-0.4, -0.2) is 61.1 Å². The number of nitro benzene ring substituents is 1. The lowest BCUT2D eigenvalue weighted by Gasteiger charge is -2.30. The van der Waals surface area contributed by atoms with Gasteiger partial charge in [0.2, 0.25) is 0 Å². The van der Waals surface area contributed by atoms with E-state index in [0.29, 0.717) is 37.6 Å². The fourth-order valence-corrected chi connectivity index (χ4v) is 3.95. The highest BCUT2D eigenvalue weighted by atomic mass is 16.6. The van der Waals surface area contributed by atoms with Crippen molar-refractivity contribution < 1.29 is 24.0 Å². The van der Waals surface area contributed by atoms with Crippen LogP contribution in [0.25, 0.3) is 0 Å². The molecule has 0 aromatic heterocycles. The molecule has 1 amide bonds. The fraction of sp³-hybridized carbons (Fsp3) is 0.391. The molecule has 32 heavy (non-hydrogen) atoms. The summed E-state index contributed by atoms with van der Waals surface area (Å²) < 4.78 is 10.8. The Bertz CT molecular complexity index is 995. The molecule has 2 aliphatic heterocycles. The van der Waals surface area contributed by atoms with Crippen molar-refractivity contribution in [2.45, 2.75) is 19.4 Å². The first-order valence-corrected chi connectivity index (χ1v) is 10.7. The van der Waals surface area contributed by atoms with E-state index in [1.807, 2.05) is 9.80 Å². The predicted octanol–water partition coefficient (Wildman–Crippen LogP) is 3.02. The van der Waals surface area contributed by atoms with Crippen molar-refractivity contribution in [2.75, 3.05) is 44.3 Å².